The number of carbonyl (C=O) groups excluding carboxylic acids is 2. The van der Waals surface area contributed by atoms with Gasteiger partial charge in [0.1, 0.15) is 0 Å². The first-order chi connectivity index (χ1) is 18.6. The van der Waals surface area contributed by atoms with Crippen molar-refractivity contribution in [2.45, 2.75) is 100 Å². The van der Waals surface area contributed by atoms with Crippen LogP contribution in [-0.2, 0) is 4.79 Å². The molecule has 2 saturated carbocycles. The Hall–Kier alpha value is -2.32. The van der Waals surface area contributed by atoms with Crippen LogP contribution in [0.1, 0.15) is 93.6 Å². The molecule has 5 rings (SSSR count). The van der Waals surface area contributed by atoms with Gasteiger partial charge in [0.15, 0.2) is 5.69 Å². The average Bonchev–Trinajstić information content (AvgIpc) is 3.60. The van der Waals surface area contributed by atoms with Crippen molar-refractivity contribution >= 4 is 23.6 Å². The van der Waals surface area contributed by atoms with E-state index in [2.05, 4.69) is 50.7 Å². The highest BCUT2D eigenvalue weighted by molar-refractivity contribution is 7.98. The van der Waals surface area contributed by atoms with E-state index >= 15 is 0 Å². The summed E-state index contributed by atoms with van der Waals surface area (Å²) in [5.41, 5.74) is 2.59. The van der Waals surface area contributed by atoms with Crippen molar-refractivity contribution in [2.24, 2.45) is 0 Å². The summed E-state index contributed by atoms with van der Waals surface area (Å²) in [6.07, 6.45) is 14.8. The molecule has 8 heteroatoms. The number of amides is 2. The van der Waals surface area contributed by atoms with Crippen molar-refractivity contribution in [1.29, 1.82) is 0 Å². The van der Waals surface area contributed by atoms with Crippen LogP contribution in [0.25, 0.3) is 11.3 Å². The molecule has 3 fully saturated rings. The smallest absolute Gasteiger partial charge is 0.272 e. The Morgan fingerprint density at radius 3 is 2.50 bits per heavy atom. The maximum Gasteiger partial charge on any atom is 0.272 e. The number of likely N-dealkylation sites (tertiary alicyclic amines) is 1. The number of rotatable bonds is 11. The number of aromatic nitrogens is 2. The number of carbonyl (C=O) groups is 2. The third kappa shape index (κ3) is 6.81. The van der Waals surface area contributed by atoms with Crippen LogP contribution in [0.15, 0.2) is 35.2 Å². The molecule has 206 valence electrons. The number of hydrogen-bond acceptors (Lipinski definition) is 5. The van der Waals surface area contributed by atoms with Crippen molar-refractivity contribution < 1.29 is 9.59 Å². The van der Waals surface area contributed by atoms with Crippen LogP contribution in [0.4, 0.5) is 0 Å². The summed E-state index contributed by atoms with van der Waals surface area (Å²) < 4.78 is 2.10. The molecule has 0 bridgehead atoms. The van der Waals surface area contributed by atoms with Crippen LogP contribution in [0.5, 0.6) is 0 Å². The predicted molar refractivity (Wildman–Crippen MR) is 154 cm³/mol. The molecule has 1 aromatic heterocycles. The van der Waals surface area contributed by atoms with Gasteiger partial charge in [-0.15, -0.1) is 11.8 Å². The molecule has 7 nitrogen and oxygen atoms in total. The minimum atomic E-state index is -0.205. The molecule has 1 aromatic carbocycles. The Labute approximate surface area is 231 Å². The molecule has 0 unspecified atom stereocenters. The van der Waals surface area contributed by atoms with Crippen LogP contribution in [0, 0.1) is 0 Å². The molecule has 2 heterocycles. The SMILES string of the molecule is CSc1ccccc1-c1cc(C(=O)N[C@@H](CCN2CCCCC2)CC(=O)NC2CCC2)nn1C1CCCC1. The van der Waals surface area contributed by atoms with Gasteiger partial charge < -0.3 is 15.5 Å². The lowest BCUT2D eigenvalue weighted by Gasteiger charge is -2.29. The van der Waals surface area contributed by atoms with Gasteiger partial charge >= 0.3 is 0 Å². The fourth-order valence-corrected chi connectivity index (χ4v) is 6.67. The van der Waals surface area contributed by atoms with Gasteiger partial charge in [-0.25, -0.2) is 0 Å². The standard InChI is InChI=1S/C30H43N5O2S/c1-38-28-15-6-5-14-25(28)27-21-26(33-35(27)24-12-3-4-13-24)30(37)32-23(16-19-34-17-7-2-8-18-34)20-29(36)31-22-10-9-11-22/h5-6,14-15,21-24H,2-4,7-13,16-20H2,1H3,(H,31,36)(H,32,37)/t23-/m0/s1. The van der Waals surface area contributed by atoms with Crippen molar-refractivity contribution in [2.75, 3.05) is 25.9 Å². The van der Waals surface area contributed by atoms with Crippen LogP contribution >= 0.6 is 11.8 Å². The highest BCUT2D eigenvalue weighted by Crippen LogP contribution is 2.36. The minimum Gasteiger partial charge on any atom is -0.353 e. The predicted octanol–water partition coefficient (Wildman–Crippen LogP) is 5.42. The third-order valence-corrected chi connectivity index (χ3v) is 9.30. The Balaban J connectivity index is 1.33. The van der Waals surface area contributed by atoms with Crippen LogP contribution in [0.3, 0.4) is 0 Å². The van der Waals surface area contributed by atoms with E-state index < -0.39 is 0 Å². The number of piperidine rings is 1. The van der Waals surface area contributed by atoms with Crippen molar-refractivity contribution in [1.82, 2.24) is 25.3 Å². The van der Waals surface area contributed by atoms with Gasteiger partial charge in [0.2, 0.25) is 5.91 Å². The first-order valence-electron chi connectivity index (χ1n) is 14.7. The van der Waals surface area contributed by atoms with Crippen LogP contribution in [0.2, 0.25) is 0 Å². The quantitative estimate of drug-likeness (QED) is 0.374. The molecule has 0 spiro atoms. The molecular formula is C30H43N5O2S. The second-order valence-corrected chi connectivity index (χ2v) is 12.1. The molecule has 0 radical (unpaired) electrons. The molecule has 2 aromatic rings. The van der Waals surface area contributed by atoms with E-state index in [-0.39, 0.29) is 17.9 Å². The lowest BCUT2D eigenvalue weighted by molar-refractivity contribution is -0.122. The number of thioether (sulfide) groups is 1. The van der Waals surface area contributed by atoms with Gasteiger partial charge in [-0.3, -0.25) is 14.3 Å². The highest BCUT2D eigenvalue weighted by Gasteiger charge is 2.27. The molecule has 2 amide bonds. The molecule has 38 heavy (non-hydrogen) atoms. The van der Waals surface area contributed by atoms with Gasteiger partial charge in [-0.2, -0.15) is 5.10 Å². The van der Waals surface area contributed by atoms with Gasteiger partial charge in [0, 0.05) is 35.5 Å². The third-order valence-electron chi connectivity index (χ3n) is 8.50. The number of hydrogen-bond donors (Lipinski definition) is 2. The van der Waals surface area contributed by atoms with E-state index in [1.54, 1.807) is 11.8 Å². The first kappa shape index (κ1) is 27.3. The zero-order valence-corrected chi connectivity index (χ0v) is 23.6. The van der Waals surface area contributed by atoms with Crippen molar-refractivity contribution in [3.05, 3.63) is 36.0 Å². The van der Waals surface area contributed by atoms with Crippen LogP contribution in [-0.4, -0.2) is 64.5 Å². The lowest BCUT2D eigenvalue weighted by Crippen LogP contribution is -2.45. The molecule has 2 N–H and O–H groups in total. The average molecular weight is 538 g/mol. The lowest BCUT2D eigenvalue weighted by atomic mass is 9.93. The number of benzene rings is 1. The van der Waals surface area contributed by atoms with Gasteiger partial charge in [-0.1, -0.05) is 37.5 Å². The van der Waals surface area contributed by atoms with E-state index in [9.17, 15) is 9.59 Å². The van der Waals surface area contributed by atoms with Gasteiger partial charge in [-0.05, 0) is 82.8 Å². The zero-order chi connectivity index (χ0) is 26.3. The van der Waals surface area contributed by atoms with E-state index in [1.807, 2.05) is 6.07 Å². The number of nitrogens with one attached hydrogen (secondary N) is 2. The number of nitrogens with zero attached hydrogens (tertiary/aromatic N) is 3. The van der Waals surface area contributed by atoms with Gasteiger partial charge in [0.05, 0.1) is 11.7 Å². The summed E-state index contributed by atoms with van der Waals surface area (Å²) >= 11 is 1.72. The topological polar surface area (TPSA) is 79.3 Å². The summed E-state index contributed by atoms with van der Waals surface area (Å²) in [6, 6.07) is 10.7. The largest absolute Gasteiger partial charge is 0.353 e. The Morgan fingerprint density at radius 2 is 1.79 bits per heavy atom. The molecular weight excluding hydrogens is 494 g/mol. The monoisotopic (exact) mass is 537 g/mol. The normalized spacial score (nSPS) is 19.7. The van der Waals surface area contributed by atoms with E-state index in [0.29, 0.717) is 24.2 Å². The Morgan fingerprint density at radius 1 is 1.03 bits per heavy atom. The summed E-state index contributed by atoms with van der Waals surface area (Å²) in [5, 5.41) is 11.3. The molecule has 2 aliphatic carbocycles. The maximum atomic E-state index is 13.6. The second kappa shape index (κ2) is 13.2. The van der Waals surface area contributed by atoms with E-state index in [0.717, 1.165) is 63.0 Å². The Bertz CT molecular complexity index is 1090. The fourth-order valence-electron chi connectivity index (χ4n) is 6.06. The summed E-state index contributed by atoms with van der Waals surface area (Å²) in [4.78, 5) is 30.1. The molecule has 1 atom stereocenters. The second-order valence-electron chi connectivity index (χ2n) is 11.3. The fraction of sp³-hybridized carbons (Fsp3) is 0.633. The van der Waals surface area contributed by atoms with E-state index in [4.69, 9.17) is 5.10 Å². The Kier molecular flexibility index (Phi) is 9.44. The maximum absolute atomic E-state index is 13.6. The van der Waals surface area contributed by atoms with Crippen molar-refractivity contribution in [3.63, 3.8) is 0 Å². The summed E-state index contributed by atoms with van der Waals surface area (Å²) in [6.45, 7) is 3.13. The minimum absolute atomic E-state index is 0.0460. The zero-order valence-electron chi connectivity index (χ0n) is 22.8. The molecule has 3 aliphatic rings. The van der Waals surface area contributed by atoms with Gasteiger partial charge in [0.25, 0.3) is 5.91 Å². The van der Waals surface area contributed by atoms with Crippen molar-refractivity contribution in [3.8, 4) is 11.3 Å². The summed E-state index contributed by atoms with van der Waals surface area (Å²) in [7, 11) is 0. The summed E-state index contributed by atoms with van der Waals surface area (Å²) in [5.74, 6) is -0.130. The first-order valence-corrected chi connectivity index (χ1v) is 15.9. The van der Waals surface area contributed by atoms with Crippen LogP contribution < -0.4 is 10.6 Å². The molecule has 1 saturated heterocycles. The molecule has 1 aliphatic heterocycles. The highest BCUT2D eigenvalue weighted by atomic mass is 32.2. The van der Waals surface area contributed by atoms with E-state index in [1.165, 1.54) is 43.4 Å².